The Hall–Kier alpha value is -3.87. The van der Waals surface area contributed by atoms with Crippen molar-refractivity contribution in [1.82, 2.24) is 14.9 Å². The number of halogens is 2. The Bertz CT molecular complexity index is 1370. The summed E-state index contributed by atoms with van der Waals surface area (Å²) in [7, 11) is 0. The van der Waals surface area contributed by atoms with Gasteiger partial charge in [-0.2, -0.15) is 0 Å². The largest absolute Gasteiger partial charge is 0.350 e. The summed E-state index contributed by atoms with van der Waals surface area (Å²) in [5.41, 5.74) is 3.14. The highest BCUT2D eigenvalue weighted by Gasteiger charge is 2.15. The molecule has 174 valence electrons. The number of para-hydroxylation sites is 2. The predicted octanol–water partition coefficient (Wildman–Crippen LogP) is 4.73. The summed E-state index contributed by atoms with van der Waals surface area (Å²) in [5.74, 6) is -2.20. The molecule has 0 saturated heterocycles. The second-order valence-corrected chi connectivity index (χ2v) is 8.20. The van der Waals surface area contributed by atoms with E-state index in [1.807, 2.05) is 54.6 Å². The van der Waals surface area contributed by atoms with Gasteiger partial charge >= 0.3 is 0 Å². The zero-order valence-electron chi connectivity index (χ0n) is 18.8. The molecular weight excluding hydrogens is 436 g/mol. The number of fused-ring (bicyclic) bond motifs is 1. The normalized spacial score (nSPS) is 12.0. The van der Waals surface area contributed by atoms with E-state index in [-0.39, 0.29) is 24.3 Å². The van der Waals surface area contributed by atoms with Crippen molar-refractivity contribution in [3.63, 3.8) is 0 Å². The molecule has 1 atom stereocenters. The van der Waals surface area contributed by atoms with Crippen LogP contribution in [0.15, 0.2) is 77.6 Å². The summed E-state index contributed by atoms with van der Waals surface area (Å²) in [6, 6.07) is 20.4. The zero-order chi connectivity index (χ0) is 24.1. The van der Waals surface area contributed by atoms with E-state index in [2.05, 4.69) is 10.3 Å². The molecule has 1 amide bonds. The maximum absolute atomic E-state index is 13.5. The molecule has 1 unspecified atom stereocenters. The third-order valence-electron chi connectivity index (χ3n) is 5.80. The Morgan fingerprint density at radius 2 is 1.71 bits per heavy atom. The van der Waals surface area contributed by atoms with Crippen LogP contribution in [0.1, 0.15) is 36.2 Å². The van der Waals surface area contributed by atoms with Crippen molar-refractivity contribution in [3.05, 3.63) is 112 Å². The molecule has 0 radical (unpaired) electrons. The van der Waals surface area contributed by atoms with Gasteiger partial charge in [-0.05, 0) is 48.7 Å². The lowest BCUT2D eigenvalue weighted by atomic mass is 10.1. The zero-order valence-corrected chi connectivity index (χ0v) is 18.8. The molecule has 0 bridgehead atoms. The summed E-state index contributed by atoms with van der Waals surface area (Å²) in [4.78, 5) is 30.2. The van der Waals surface area contributed by atoms with Crippen LogP contribution in [0.2, 0.25) is 0 Å². The van der Waals surface area contributed by atoms with Gasteiger partial charge in [-0.3, -0.25) is 9.59 Å². The number of nitrogens with one attached hydrogen (secondary N) is 1. The third-order valence-corrected chi connectivity index (χ3v) is 5.80. The first-order valence-electron chi connectivity index (χ1n) is 11.2. The number of carbonyl (C=O) groups is 1. The van der Waals surface area contributed by atoms with Crippen LogP contribution in [0.3, 0.4) is 0 Å². The molecule has 3 aromatic carbocycles. The molecule has 0 aliphatic rings. The Labute approximate surface area is 196 Å². The molecule has 0 aliphatic carbocycles. The molecule has 1 heterocycles. The molecule has 0 fully saturated rings. The molecule has 0 aliphatic heterocycles. The minimum absolute atomic E-state index is 0.0489. The molecular formula is C27H25F2N3O2. The van der Waals surface area contributed by atoms with Gasteiger partial charge in [-0.25, -0.2) is 13.8 Å². The molecule has 5 nitrogen and oxygen atoms in total. The van der Waals surface area contributed by atoms with Crippen LogP contribution >= 0.6 is 0 Å². The van der Waals surface area contributed by atoms with Gasteiger partial charge < -0.3 is 9.88 Å². The molecule has 0 spiro atoms. The van der Waals surface area contributed by atoms with E-state index < -0.39 is 17.7 Å². The number of nitrogens with zero attached hydrogens (tertiary/aromatic N) is 2. The number of amides is 1. The fraction of sp³-hybridized carbons (Fsp3) is 0.222. The number of rotatable bonds is 8. The second-order valence-electron chi connectivity index (χ2n) is 8.20. The first-order chi connectivity index (χ1) is 16.4. The maximum Gasteiger partial charge on any atom is 0.272 e. The van der Waals surface area contributed by atoms with Gasteiger partial charge in [0, 0.05) is 19.4 Å². The molecule has 4 aromatic rings. The lowest BCUT2D eigenvalue weighted by molar-refractivity contribution is -0.121. The van der Waals surface area contributed by atoms with Crippen LogP contribution in [-0.4, -0.2) is 15.5 Å². The maximum atomic E-state index is 13.5. The van der Waals surface area contributed by atoms with Gasteiger partial charge in [0.2, 0.25) is 5.91 Å². The second kappa shape index (κ2) is 10.4. The topological polar surface area (TPSA) is 64.0 Å². The SMILES string of the molecule is CC(NC(=O)CCc1nc2ccccc2n(CCc2ccccc2)c1=O)c1ccc(F)c(F)c1. The number of aryl methyl sites for hydroxylation is 3. The molecule has 7 heteroatoms. The van der Waals surface area contributed by atoms with E-state index in [1.54, 1.807) is 11.5 Å². The van der Waals surface area contributed by atoms with E-state index >= 15 is 0 Å². The monoisotopic (exact) mass is 461 g/mol. The first kappa shape index (κ1) is 23.3. The van der Waals surface area contributed by atoms with Gasteiger partial charge in [0.25, 0.3) is 5.56 Å². The minimum atomic E-state index is -0.963. The predicted molar refractivity (Wildman–Crippen MR) is 127 cm³/mol. The van der Waals surface area contributed by atoms with Crippen LogP contribution in [0.5, 0.6) is 0 Å². The lowest BCUT2D eigenvalue weighted by Crippen LogP contribution is -2.30. The average Bonchev–Trinajstić information content (AvgIpc) is 2.84. The number of hydrogen-bond donors (Lipinski definition) is 1. The van der Waals surface area contributed by atoms with Crippen LogP contribution < -0.4 is 10.9 Å². The summed E-state index contributed by atoms with van der Waals surface area (Å²) >= 11 is 0. The van der Waals surface area contributed by atoms with E-state index in [9.17, 15) is 18.4 Å². The highest BCUT2D eigenvalue weighted by Crippen LogP contribution is 2.16. The van der Waals surface area contributed by atoms with Gasteiger partial charge in [0.15, 0.2) is 11.6 Å². The van der Waals surface area contributed by atoms with Crippen molar-refractivity contribution in [2.75, 3.05) is 0 Å². The van der Waals surface area contributed by atoms with Crippen LogP contribution in [0.4, 0.5) is 8.78 Å². The van der Waals surface area contributed by atoms with Crippen molar-refractivity contribution >= 4 is 16.9 Å². The third kappa shape index (κ3) is 5.36. The quantitative estimate of drug-likeness (QED) is 0.413. The average molecular weight is 462 g/mol. The van der Waals surface area contributed by atoms with Gasteiger partial charge in [0.05, 0.1) is 17.1 Å². The van der Waals surface area contributed by atoms with Crippen molar-refractivity contribution in [2.24, 2.45) is 0 Å². The first-order valence-corrected chi connectivity index (χ1v) is 11.2. The molecule has 1 N–H and O–H groups in total. The minimum Gasteiger partial charge on any atom is -0.350 e. The van der Waals surface area contributed by atoms with E-state index in [4.69, 9.17) is 0 Å². The van der Waals surface area contributed by atoms with Gasteiger partial charge in [0.1, 0.15) is 5.69 Å². The van der Waals surface area contributed by atoms with Crippen molar-refractivity contribution in [3.8, 4) is 0 Å². The van der Waals surface area contributed by atoms with Crippen LogP contribution in [-0.2, 0) is 24.2 Å². The molecule has 1 aromatic heterocycles. The van der Waals surface area contributed by atoms with Crippen molar-refractivity contribution in [2.45, 2.75) is 38.8 Å². The Morgan fingerprint density at radius 1 is 0.971 bits per heavy atom. The fourth-order valence-electron chi connectivity index (χ4n) is 3.93. The number of carbonyl (C=O) groups excluding carboxylic acids is 1. The van der Waals surface area contributed by atoms with Crippen molar-refractivity contribution in [1.29, 1.82) is 0 Å². The summed E-state index contributed by atoms with van der Waals surface area (Å²) < 4.78 is 28.4. The molecule has 34 heavy (non-hydrogen) atoms. The fourth-order valence-corrected chi connectivity index (χ4v) is 3.93. The highest BCUT2D eigenvalue weighted by atomic mass is 19.2. The van der Waals surface area contributed by atoms with Crippen molar-refractivity contribution < 1.29 is 13.6 Å². The lowest BCUT2D eigenvalue weighted by Gasteiger charge is -2.15. The summed E-state index contributed by atoms with van der Waals surface area (Å²) in [6.07, 6.45) is 0.916. The van der Waals surface area contributed by atoms with Crippen LogP contribution in [0, 0.1) is 11.6 Å². The van der Waals surface area contributed by atoms with E-state index in [0.29, 0.717) is 29.7 Å². The van der Waals surface area contributed by atoms with E-state index in [1.165, 1.54) is 6.07 Å². The Kier molecular flexibility index (Phi) is 7.11. The summed E-state index contributed by atoms with van der Waals surface area (Å²) in [5, 5.41) is 2.77. The summed E-state index contributed by atoms with van der Waals surface area (Å²) in [6.45, 7) is 2.19. The molecule has 0 saturated carbocycles. The van der Waals surface area contributed by atoms with Gasteiger partial charge in [-0.15, -0.1) is 0 Å². The van der Waals surface area contributed by atoms with E-state index in [0.717, 1.165) is 23.2 Å². The number of hydrogen-bond acceptors (Lipinski definition) is 3. The van der Waals surface area contributed by atoms with Crippen LogP contribution in [0.25, 0.3) is 11.0 Å². The molecule has 4 rings (SSSR count). The Balaban J connectivity index is 1.49. The van der Waals surface area contributed by atoms with Gasteiger partial charge in [-0.1, -0.05) is 48.5 Å². The smallest absolute Gasteiger partial charge is 0.272 e. The number of benzene rings is 3. The standard InChI is InChI=1S/C27H25F2N3O2/c1-18(20-11-12-21(28)22(29)17-20)30-26(33)14-13-24-27(34)32(16-15-19-7-3-2-4-8-19)25-10-6-5-9-23(25)31-24/h2-12,17-18H,13-16H2,1H3,(H,30,33). The number of aromatic nitrogens is 2. The Morgan fingerprint density at radius 3 is 2.47 bits per heavy atom. The highest BCUT2D eigenvalue weighted by molar-refractivity contribution is 5.77.